The van der Waals surface area contributed by atoms with Crippen LogP contribution in [0.1, 0.15) is 196 Å². The first kappa shape index (κ1) is 36.3. The van der Waals surface area contributed by atoms with Gasteiger partial charge in [0.15, 0.2) is 0 Å². The van der Waals surface area contributed by atoms with Crippen molar-refractivity contribution >= 4 is 23.2 Å². The topological polar surface area (TPSA) is 0 Å². The van der Waals surface area contributed by atoms with Crippen LogP contribution in [0.15, 0.2) is 48.5 Å². The Labute approximate surface area is 294 Å². The number of alkyl halides is 2. The molecule has 2 aromatic rings. The molecule has 0 atom stereocenters. The molecule has 3 aliphatic carbocycles. The maximum absolute atomic E-state index is 7.46. The van der Waals surface area contributed by atoms with Crippen molar-refractivity contribution in [3.8, 4) is 0 Å². The Morgan fingerprint density at radius 1 is 0.478 bits per heavy atom. The second-order valence-corrected chi connectivity index (χ2v) is 17.4. The second kappa shape index (κ2) is 17.6. The molecule has 0 saturated heterocycles. The van der Waals surface area contributed by atoms with Crippen molar-refractivity contribution in [2.24, 2.45) is 10.8 Å². The van der Waals surface area contributed by atoms with Crippen LogP contribution in [0.25, 0.3) is 0 Å². The van der Waals surface area contributed by atoms with Crippen molar-refractivity contribution in [3.63, 3.8) is 0 Å². The maximum Gasteiger partial charge on any atom is 0.129 e. The van der Waals surface area contributed by atoms with Crippen LogP contribution in [0, 0.1) is 10.8 Å². The lowest BCUT2D eigenvalue weighted by atomic mass is 9.43. The van der Waals surface area contributed by atoms with E-state index in [4.69, 9.17) is 23.2 Å². The van der Waals surface area contributed by atoms with Gasteiger partial charge in [-0.15, -0.1) is 23.2 Å². The molecule has 2 spiro atoms. The highest BCUT2D eigenvalue weighted by Gasteiger charge is 2.72. The van der Waals surface area contributed by atoms with E-state index in [-0.39, 0.29) is 10.8 Å². The highest BCUT2D eigenvalue weighted by atomic mass is 35.5. The highest BCUT2D eigenvalue weighted by Crippen LogP contribution is 2.77. The summed E-state index contributed by atoms with van der Waals surface area (Å²) in [5.74, 6) is 1.34. The van der Waals surface area contributed by atoms with E-state index in [2.05, 4.69) is 62.4 Å². The fourth-order valence-corrected chi connectivity index (χ4v) is 10.8. The number of benzene rings is 2. The third-order valence-electron chi connectivity index (χ3n) is 12.9. The third-order valence-corrected chi connectivity index (χ3v) is 14.5. The molecular formula is C44H66Cl2. The van der Waals surface area contributed by atoms with E-state index in [9.17, 15) is 0 Å². The van der Waals surface area contributed by atoms with Gasteiger partial charge in [0.25, 0.3) is 0 Å². The summed E-state index contributed by atoms with van der Waals surface area (Å²) < 4.78 is -0.559. The summed E-state index contributed by atoms with van der Waals surface area (Å²) in [4.78, 5) is 0. The van der Waals surface area contributed by atoms with Crippen molar-refractivity contribution in [2.75, 3.05) is 0 Å². The summed E-state index contributed by atoms with van der Waals surface area (Å²) in [5.41, 5.74) is 6.37. The van der Waals surface area contributed by atoms with Crippen LogP contribution in [0.2, 0.25) is 0 Å². The SMILES string of the molecule is CCCCCCCCCc1ccc(C2CCC3(CC2)CC2(CCC(c4ccc(CCCCCCCCC)cc4)CC2)C3(Cl)Cl)cc1. The van der Waals surface area contributed by atoms with Crippen LogP contribution in [0.5, 0.6) is 0 Å². The maximum atomic E-state index is 7.46. The lowest BCUT2D eigenvalue weighted by Crippen LogP contribution is -2.66. The molecule has 2 aromatic carbocycles. The quantitative estimate of drug-likeness (QED) is 0.110. The van der Waals surface area contributed by atoms with Crippen molar-refractivity contribution in [2.45, 2.75) is 191 Å². The smallest absolute Gasteiger partial charge is 0.100 e. The minimum absolute atomic E-state index is 0.133. The van der Waals surface area contributed by atoms with Gasteiger partial charge in [-0.3, -0.25) is 0 Å². The van der Waals surface area contributed by atoms with E-state index in [1.165, 1.54) is 183 Å². The molecule has 0 unspecified atom stereocenters. The highest BCUT2D eigenvalue weighted by molar-refractivity contribution is 6.50. The Kier molecular flexibility index (Phi) is 13.9. The van der Waals surface area contributed by atoms with Gasteiger partial charge >= 0.3 is 0 Å². The Balaban J connectivity index is 1.02. The van der Waals surface area contributed by atoms with Crippen LogP contribution < -0.4 is 0 Å². The summed E-state index contributed by atoms with van der Waals surface area (Å²) in [5, 5.41) is 0. The Morgan fingerprint density at radius 3 is 1.13 bits per heavy atom. The van der Waals surface area contributed by atoms with Crippen molar-refractivity contribution < 1.29 is 0 Å². The van der Waals surface area contributed by atoms with Gasteiger partial charge in [-0.1, -0.05) is 139 Å². The zero-order valence-electron chi connectivity index (χ0n) is 29.7. The first-order valence-corrected chi connectivity index (χ1v) is 20.7. The fraction of sp³-hybridized carbons (Fsp3) is 0.727. The van der Waals surface area contributed by atoms with Crippen molar-refractivity contribution in [3.05, 3.63) is 70.8 Å². The molecule has 0 aliphatic heterocycles. The van der Waals surface area contributed by atoms with Gasteiger partial charge in [-0.05, 0) is 118 Å². The number of unbranched alkanes of at least 4 members (excludes halogenated alkanes) is 12. The molecule has 0 N–H and O–H groups in total. The number of halogens is 2. The Hall–Kier alpha value is -0.980. The van der Waals surface area contributed by atoms with Gasteiger partial charge in [0.1, 0.15) is 4.33 Å². The van der Waals surface area contributed by atoms with Crippen LogP contribution >= 0.6 is 23.2 Å². The van der Waals surface area contributed by atoms with Crippen LogP contribution in [-0.4, -0.2) is 4.33 Å². The monoisotopic (exact) mass is 664 g/mol. The molecule has 3 aliphatic rings. The summed E-state index contributed by atoms with van der Waals surface area (Å²) in [7, 11) is 0. The standard InChI is InChI=1S/C44H66Cl2/c1-3-5-7-9-11-13-15-17-36-19-23-38(24-20-36)40-27-31-42(32-28-40)35-43(44(42,45)46)33-29-41(30-34-43)39-25-21-37(22-26-39)18-16-14-12-10-8-6-4-2/h19-26,40-41H,3-18,27-35H2,1-2H3. The molecule has 3 saturated carbocycles. The van der Waals surface area contributed by atoms with Gasteiger partial charge in [0, 0.05) is 10.8 Å². The molecule has 5 rings (SSSR count). The van der Waals surface area contributed by atoms with E-state index in [1.807, 2.05) is 0 Å². The van der Waals surface area contributed by atoms with Gasteiger partial charge in [0.05, 0.1) is 0 Å². The molecule has 0 heterocycles. The van der Waals surface area contributed by atoms with Crippen molar-refractivity contribution in [1.29, 1.82) is 0 Å². The summed E-state index contributed by atoms with van der Waals surface area (Å²) in [6, 6.07) is 19.4. The molecule has 3 fully saturated rings. The summed E-state index contributed by atoms with van der Waals surface area (Å²) in [6.45, 7) is 4.59. The molecule has 256 valence electrons. The zero-order valence-corrected chi connectivity index (χ0v) is 31.2. The van der Waals surface area contributed by atoms with Crippen molar-refractivity contribution in [1.82, 2.24) is 0 Å². The fourth-order valence-electron chi connectivity index (χ4n) is 9.80. The van der Waals surface area contributed by atoms with E-state index >= 15 is 0 Å². The average Bonchev–Trinajstić information content (AvgIpc) is 3.09. The van der Waals surface area contributed by atoms with E-state index < -0.39 is 4.33 Å². The molecule has 0 bridgehead atoms. The van der Waals surface area contributed by atoms with E-state index in [0.717, 1.165) is 0 Å². The lowest BCUT2D eigenvalue weighted by molar-refractivity contribution is -0.107. The normalized spacial score (nSPS) is 27.2. The predicted octanol–water partition coefficient (Wildman–Crippen LogP) is 14.8. The molecule has 0 nitrogen and oxygen atoms in total. The van der Waals surface area contributed by atoms with Crippen LogP contribution in [-0.2, 0) is 12.8 Å². The molecule has 46 heavy (non-hydrogen) atoms. The van der Waals surface area contributed by atoms with E-state index in [1.54, 1.807) is 0 Å². The summed E-state index contributed by atoms with van der Waals surface area (Å²) in [6.07, 6.45) is 32.8. The molecule has 0 radical (unpaired) electrons. The van der Waals surface area contributed by atoms with Gasteiger partial charge in [0.2, 0.25) is 0 Å². The predicted molar refractivity (Wildman–Crippen MR) is 203 cm³/mol. The number of rotatable bonds is 18. The van der Waals surface area contributed by atoms with Crippen LogP contribution in [0.3, 0.4) is 0 Å². The zero-order chi connectivity index (χ0) is 32.3. The average molecular weight is 666 g/mol. The lowest BCUT2D eigenvalue weighted by Gasteiger charge is -2.69. The molecular weight excluding hydrogens is 599 g/mol. The van der Waals surface area contributed by atoms with Crippen LogP contribution in [0.4, 0.5) is 0 Å². The second-order valence-electron chi connectivity index (χ2n) is 16.1. The third kappa shape index (κ3) is 8.78. The van der Waals surface area contributed by atoms with Gasteiger partial charge < -0.3 is 0 Å². The number of hydrogen-bond acceptors (Lipinski definition) is 0. The van der Waals surface area contributed by atoms with Gasteiger partial charge in [-0.2, -0.15) is 0 Å². The largest absolute Gasteiger partial charge is 0.129 e. The number of aryl methyl sites for hydroxylation is 2. The Bertz CT molecular complexity index is 1040. The van der Waals surface area contributed by atoms with Gasteiger partial charge in [-0.25, -0.2) is 0 Å². The molecule has 2 heteroatoms. The minimum Gasteiger partial charge on any atom is -0.100 e. The molecule has 0 amide bonds. The molecule has 0 aromatic heterocycles. The number of hydrogen-bond donors (Lipinski definition) is 0. The first-order chi connectivity index (χ1) is 22.4. The van der Waals surface area contributed by atoms with E-state index in [0.29, 0.717) is 11.8 Å². The summed E-state index contributed by atoms with van der Waals surface area (Å²) >= 11 is 14.9. The minimum atomic E-state index is -0.559. The Morgan fingerprint density at radius 2 is 0.804 bits per heavy atom. The first-order valence-electron chi connectivity index (χ1n) is 20.0.